The highest BCUT2D eigenvalue weighted by molar-refractivity contribution is 6.40. The molecule has 0 aromatic heterocycles. The molecule has 0 radical (unpaired) electrons. The van der Waals surface area contributed by atoms with Crippen molar-refractivity contribution in [3.8, 4) is 0 Å². The summed E-state index contributed by atoms with van der Waals surface area (Å²) in [5.41, 5.74) is 13.2. The number of hydrogen-bond acceptors (Lipinski definition) is 12. The van der Waals surface area contributed by atoms with Crippen molar-refractivity contribution >= 4 is 81.8 Å². The highest BCUT2D eigenvalue weighted by Gasteiger charge is 2.43. The number of fused-ring (bicyclic) bond motifs is 2. The fourth-order valence-corrected chi connectivity index (χ4v) is 8.77. The zero-order chi connectivity index (χ0) is 60.8. The number of aliphatic hydroxyl groups excluding tert-OH is 1. The van der Waals surface area contributed by atoms with Gasteiger partial charge in [-0.1, -0.05) is 110 Å². The number of para-hydroxylation sites is 2. The Kier molecular flexibility index (Phi) is 34.8. The number of carbonyl (C=O) groups excluding carboxylic acids is 5. The third-order valence-corrected chi connectivity index (χ3v) is 13.2. The van der Waals surface area contributed by atoms with Gasteiger partial charge in [0.2, 0.25) is 11.4 Å². The molecule has 84 heavy (non-hydrogen) atoms. The smallest absolute Gasteiger partial charge is 0.333 e. The number of esters is 5. The van der Waals surface area contributed by atoms with E-state index < -0.39 is 35.8 Å². The summed E-state index contributed by atoms with van der Waals surface area (Å²) in [5, 5.41) is 17.5. The van der Waals surface area contributed by atoms with E-state index in [1.807, 2.05) is 12.1 Å². The maximum absolute atomic E-state index is 11.9. The first kappa shape index (κ1) is 75.1. The molecule has 2 aliphatic heterocycles. The molecule has 6 rings (SSSR count). The average Bonchev–Trinajstić information content (AvgIpc) is 4.05. The van der Waals surface area contributed by atoms with Crippen molar-refractivity contribution in [1.29, 1.82) is 0 Å². The molecular formula is C65H80Cl4N2O13. The summed E-state index contributed by atoms with van der Waals surface area (Å²) in [6.45, 7) is 19.1. The van der Waals surface area contributed by atoms with Crippen molar-refractivity contribution in [3.63, 3.8) is 0 Å². The molecule has 0 saturated carbocycles. The Morgan fingerprint density at radius 2 is 0.833 bits per heavy atom. The van der Waals surface area contributed by atoms with Crippen LogP contribution in [0.4, 0.5) is 11.4 Å². The standard InChI is InChI=1S/C32H38NO6.C22H26NO.C10H14O6.CH2Cl2.2ClH/c1-23(2)31(36)39-22-21-38-30(35)18-17-29(34)37-20-19-25-15-13-24(14-16-25)9-8-12-28-32(3,4)26-10-6-7-11-27(26)33(28)5;1-22(2)19-8-4-5-9-20(19)23(3)21(22)10-6-7-17-11-13-18(14-12-17)15-16-24;1-7(2)10(14)16-6-5-15-9(13)4-3-8(11)12;2-1-3;;/h6-8,10-16H,1,9,17-22H2,2-5H3;4-6,8-14,24H,7,15-16H2,1-3H3;1,3-6H2,2H3,(H,11,12);1H2;2*1H/q2*+1;;;;/p-2/b12-8+;10-6+;;;;. The quantitative estimate of drug-likeness (QED) is 0.0225. The van der Waals surface area contributed by atoms with Crippen LogP contribution < -0.4 is 24.8 Å². The molecule has 0 amide bonds. The van der Waals surface area contributed by atoms with E-state index in [-0.39, 0.29) is 117 Å². The Labute approximate surface area is 517 Å². The summed E-state index contributed by atoms with van der Waals surface area (Å²) < 4.78 is 28.8. The molecule has 0 atom stereocenters. The summed E-state index contributed by atoms with van der Waals surface area (Å²) in [7, 11) is 4.27. The molecule has 456 valence electrons. The Morgan fingerprint density at radius 1 is 0.512 bits per heavy atom. The van der Waals surface area contributed by atoms with Crippen LogP contribution >= 0.6 is 23.2 Å². The predicted molar refractivity (Wildman–Crippen MR) is 321 cm³/mol. The number of carboxylic acid groups (broad SMARTS) is 1. The first-order valence-electron chi connectivity index (χ1n) is 26.9. The van der Waals surface area contributed by atoms with Gasteiger partial charge in [-0.15, -0.1) is 23.2 Å². The van der Waals surface area contributed by atoms with Crippen LogP contribution in [0.1, 0.15) is 101 Å². The van der Waals surface area contributed by atoms with E-state index in [9.17, 15) is 28.8 Å². The van der Waals surface area contributed by atoms with Crippen molar-refractivity contribution < 1.29 is 96.6 Å². The maximum atomic E-state index is 11.9. The van der Waals surface area contributed by atoms with Crippen molar-refractivity contribution in [3.05, 3.63) is 179 Å². The van der Waals surface area contributed by atoms with Crippen LogP contribution in [0.15, 0.2) is 146 Å². The average molecular weight is 1240 g/mol. The molecule has 19 heteroatoms. The second kappa shape index (κ2) is 38.9. The van der Waals surface area contributed by atoms with E-state index >= 15 is 0 Å². The molecule has 4 aromatic rings. The molecule has 0 fully saturated rings. The van der Waals surface area contributed by atoms with Gasteiger partial charge in [0.05, 0.1) is 48.5 Å². The lowest BCUT2D eigenvalue weighted by Gasteiger charge is -2.15. The van der Waals surface area contributed by atoms with Gasteiger partial charge < -0.3 is 58.7 Å². The number of allylic oxidation sites excluding steroid dienone is 4. The van der Waals surface area contributed by atoms with Crippen LogP contribution in [-0.4, -0.2) is 126 Å². The van der Waals surface area contributed by atoms with Gasteiger partial charge >= 0.3 is 35.8 Å². The van der Waals surface area contributed by atoms with Gasteiger partial charge in [-0.3, -0.25) is 19.2 Å². The summed E-state index contributed by atoms with van der Waals surface area (Å²) >= 11 is 9.53. The number of carbonyl (C=O) groups is 6. The number of ether oxygens (including phenoxy) is 5. The van der Waals surface area contributed by atoms with Gasteiger partial charge in [0.15, 0.2) is 11.4 Å². The number of nitrogens with zero attached hydrogens (tertiary/aromatic N) is 2. The summed E-state index contributed by atoms with van der Waals surface area (Å²) in [4.78, 5) is 66.7. The Balaban J connectivity index is 0.000000668. The number of hydrogen-bond donors (Lipinski definition) is 2. The lowest BCUT2D eigenvalue weighted by molar-refractivity contribution is -0.401. The van der Waals surface area contributed by atoms with Gasteiger partial charge in [0.25, 0.3) is 0 Å². The van der Waals surface area contributed by atoms with Crippen LogP contribution in [0.25, 0.3) is 0 Å². The van der Waals surface area contributed by atoms with E-state index in [0.717, 1.165) is 24.8 Å². The number of aliphatic carboxylic acids is 1. The van der Waals surface area contributed by atoms with Gasteiger partial charge in [-0.2, -0.15) is 9.15 Å². The van der Waals surface area contributed by atoms with E-state index in [0.29, 0.717) is 6.42 Å². The minimum atomic E-state index is -1.06. The summed E-state index contributed by atoms with van der Waals surface area (Å²) in [5.74, 6) is -3.79. The molecule has 0 saturated heterocycles. The predicted octanol–water partition coefficient (Wildman–Crippen LogP) is 4.99. The van der Waals surface area contributed by atoms with E-state index in [1.165, 1.54) is 64.5 Å². The van der Waals surface area contributed by atoms with E-state index in [4.69, 9.17) is 47.6 Å². The summed E-state index contributed by atoms with van der Waals surface area (Å²) in [6.07, 6.45) is 11.4. The van der Waals surface area contributed by atoms with Crippen LogP contribution in [0, 0.1) is 0 Å². The molecule has 4 aromatic carbocycles. The lowest BCUT2D eigenvalue weighted by atomic mass is 9.81. The van der Waals surface area contributed by atoms with E-state index in [2.05, 4.69) is 183 Å². The fraction of sp³-hybridized carbons (Fsp3) is 0.385. The van der Waals surface area contributed by atoms with Crippen LogP contribution in [0.2, 0.25) is 0 Å². The molecular weight excluding hydrogens is 1160 g/mol. The normalized spacial score (nSPS) is 12.9. The Morgan fingerprint density at radius 3 is 1.18 bits per heavy atom. The van der Waals surface area contributed by atoms with Gasteiger partial charge in [-0.05, 0) is 83.1 Å². The molecule has 2 heterocycles. The zero-order valence-electron chi connectivity index (χ0n) is 49.4. The maximum Gasteiger partial charge on any atom is 0.333 e. The first-order valence-corrected chi connectivity index (χ1v) is 28.0. The van der Waals surface area contributed by atoms with Crippen molar-refractivity contribution in [2.45, 2.75) is 104 Å². The summed E-state index contributed by atoms with van der Waals surface area (Å²) in [6, 6.07) is 34.0. The molecule has 0 spiro atoms. The minimum Gasteiger partial charge on any atom is -1.00 e. The number of alkyl halides is 2. The molecule has 0 bridgehead atoms. The largest absolute Gasteiger partial charge is 1.00 e. The van der Waals surface area contributed by atoms with Crippen LogP contribution in [0.3, 0.4) is 0 Å². The second-order valence-corrected chi connectivity index (χ2v) is 21.0. The van der Waals surface area contributed by atoms with Gasteiger partial charge in [0, 0.05) is 59.6 Å². The number of aliphatic hydroxyl groups is 1. The highest BCUT2D eigenvalue weighted by atomic mass is 35.5. The van der Waals surface area contributed by atoms with Crippen LogP contribution in [0.5, 0.6) is 0 Å². The Hall–Kier alpha value is -6.88. The number of carboxylic acids is 1. The van der Waals surface area contributed by atoms with Crippen molar-refractivity contribution in [2.24, 2.45) is 0 Å². The monoisotopic (exact) mass is 1240 g/mol. The molecule has 0 aliphatic carbocycles. The molecule has 2 N–H and O–H groups in total. The zero-order valence-corrected chi connectivity index (χ0v) is 52.4. The number of benzene rings is 4. The lowest BCUT2D eigenvalue weighted by Crippen LogP contribution is -3.00. The first-order chi connectivity index (χ1) is 39.0. The SMILES string of the molecule is C=C(C)C(=O)OCCOC(=O)CCC(=O)O.C=C(C)C(=O)OCCOC(=O)CCC(=O)OCCc1ccc(C/C=C/C2=[N+](C)c3ccccc3C2(C)C)cc1.C[N+]1=C(/C=C/Cc2ccc(CCO)cc2)C(C)(C)c2ccccc21.ClCCl.[Cl-].[Cl-]. The number of rotatable bonds is 25. The van der Waals surface area contributed by atoms with Gasteiger partial charge in [-0.25, -0.2) is 9.59 Å². The Bertz CT molecular complexity index is 2960. The van der Waals surface area contributed by atoms with E-state index in [1.54, 1.807) is 0 Å². The topological polar surface area (TPSA) is 195 Å². The third-order valence-electron chi connectivity index (χ3n) is 13.2. The number of halogens is 4. The van der Waals surface area contributed by atoms with Crippen molar-refractivity contribution in [2.75, 3.05) is 59.1 Å². The third kappa shape index (κ3) is 25.1. The van der Waals surface area contributed by atoms with Gasteiger partial charge in [0.1, 0.15) is 40.5 Å². The minimum absolute atomic E-state index is 0. The van der Waals surface area contributed by atoms with Crippen molar-refractivity contribution in [1.82, 2.24) is 0 Å². The molecule has 2 aliphatic rings. The van der Waals surface area contributed by atoms with Crippen LogP contribution in [-0.2, 0) is 89.0 Å². The molecule has 0 unspecified atom stereocenters. The fourth-order valence-electron chi connectivity index (χ4n) is 8.77. The highest BCUT2D eigenvalue weighted by Crippen LogP contribution is 2.40. The second-order valence-electron chi connectivity index (χ2n) is 20.2. The molecule has 15 nitrogen and oxygen atoms in total.